The lowest BCUT2D eigenvalue weighted by molar-refractivity contribution is -0.338. The second kappa shape index (κ2) is 5.70. The zero-order valence-electron chi connectivity index (χ0n) is 11.9. The van der Waals surface area contributed by atoms with E-state index < -0.39 is 5.79 Å². The van der Waals surface area contributed by atoms with Gasteiger partial charge in [0.25, 0.3) is 0 Å². The van der Waals surface area contributed by atoms with Crippen molar-refractivity contribution in [2.45, 2.75) is 64.8 Å². The number of ether oxygens (including phenoxy) is 2. The van der Waals surface area contributed by atoms with Crippen LogP contribution in [0.5, 0.6) is 0 Å². The molecule has 2 rings (SSSR count). The number of rotatable bonds is 3. The van der Waals surface area contributed by atoms with Crippen LogP contribution >= 0.6 is 0 Å². The van der Waals surface area contributed by atoms with E-state index in [0.717, 1.165) is 25.7 Å². The minimum atomic E-state index is -0.419. The largest absolute Gasteiger partial charge is 0.349 e. The summed E-state index contributed by atoms with van der Waals surface area (Å²) in [5.74, 6) is 1.25. The Morgan fingerprint density at radius 3 is 2.78 bits per heavy atom. The van der Waals surface area contributed by atoms with Crippen LogP contribution in [0.1, 0.15) is 52.9 Å². The number of carbonyl (C=O) groups is 1. The van der Waals surface area contributed by atoms with Crippen LogP contribution in [0.15, 0.2) is 0 Å². The minimum absolute atomic E-state index is 0.0581. The van der Waals surface area contributed by atoms with Gasteiger partial charge in [-0.15, -0.1) is 0 Å². The number of hydrogen-bond acceptors (Lipinski definition) is 3. The SMILES string of the molecule is CC(C)[C@@H]1CC[C@@H](C)CC12OCCC(CC=O)O2. The standard InChI is InChI=1S/C15H26O3/c1-11(2)14-5-4-12(3)10-15(14)17-9-7-13(18-15)6-8-16/h8,11-14H,4-7,9-10H2,1-3H3/t12-,13?,14+,15?/m1/s1. The molecule has 2 unspecified atom stereocenters. The van der Waals surface area contributed by atoms with Crippen LogP contribution in [0.2, 0.25) is 0 Å². The molecule has 0 aromatic carbocycles. The molecule has 1 spiro atoms. The van der Waals surface area contributed by atoms with Gasteiger partial charge in [-0.3, -0.25) is 0 Å². The second-order valence-corrected chi connectivity index (χ2v) is 6.33. The van der Waals surface area contributed by atoms with Gasteiger partial charge in [-0.1, -0.05) is 27.2 Å². The topological polar surface area (TPSA) is 35.5 Å². The molecule has 18 heavy (non-hydrogen) atoms. The first-order chi connectivity index (χ1) is 8.57. The Morgan fingerprint density at radius 1 is 1.33 bits per heavy atom. The van der Waals surface area contributed by atoms with Crippen molar-refractivity contribution in [3.05, 3.63) is 0 Å². The van der Waals surface area contributed by atoms with Gasteiger partial charge in [-0.05, 0) is 24.7 Å². The highest BCUT2D eigenvalue weighted by Gasteiger charge is 2.49. The van der Waals surface area contributed by atoms with Gasteiger partial charge in [0.1, 0.15) is 6.29 Å². The fourth-order valence-electron chi connectivity index (χ4n) is 3.58. The van der Waals surface area contributed by atoms with E-state index in [1.807, 2.05) is 0 Å². The highest BCUT2D eigenvalue weighted by molar-refractivity contribution is 5.50. The Morgan fingerprint density at radius 2 is 2.11 bits per heavy atom. The van der Waals surface area contributed by atoms with Gasteiger partial charge in [0, 0.05) is 18.8 Å². The zero-order valence-corrected chi connectivity index (χ0v) is 11.9. The molecule has 2 fully saturated rings. The van der Waals surface area contributed by atoms with Crippen molar-refractivity contribution in [3.63, 3.8) is 0 Å². The van der Waals surface area contributed by atoms with Crippen LogP contribution in [0.4, 0.5) is 0 Å². The Bertz CT molecular complexity index is 289. The molecule has 104 valence electrons. The fraction of sp³-hybridized carbons (Fsp3) is 0.933. The van der Waals surface area contributed by atoms with Crippen LogP contribution in [0.25, 0.3) is 0 Å². The first-order valence-corrected chi connectivity index (χ1v) is 7.33. The van der Waals surface area contributed by atoms with Crippen LogP contribution in [0, 0.1) is 17.8 Å². The summed E-state index contributed by atoms with van der Waals surface area (Å²) in [7, 11) is 0. The lowest BCUT2D eigenvalue weighted by Crippen LogP contribution is -2.54. The van der Waals surface area contributed by atoms with Gasteiger partial charge in [0.05, 0.1) is 12.7 Å². The number of hydrogen-bond donors (Lipinski definition) is 0. The van der Waals surface area contributed by atoms with E-state index in [2.05, 4.69) is 20.8 Å². The first kappa shape index (κ1) is 14.0. The molecule has 0 N–H and O–H groups in total. The third-order valence-corrected chi connectivity index (χ3v) is 4.48. The molecule has 3 heteroatoms. The molecule has 2 aliphatic rings. The molecule has 0 radical (unpaired) electrons. The van der Waals surface area contributed by atoms with Crippen molar-refractivity contribution in [2.75, 3.05) is 6.61 Å². The van der Waals surface area contributed by atoms with Gasteiger partial charge in [-0.25, -0.2) is 0 Å². The van der Waals surface area contributed by atoms with Gasteiger partial charge in [0.2, 0.25) is 0 Å². The molecular weight excluding hydrogens is 228 g/mol. The van der Waals surface area contributed by atoms with E-state index in [1.165, 1.54) is 12.8 Å². The smallest absolute Gasteiger partial charge is 0.171 e. The summed E-state index contributed by atoms with van der Waals surface area (Å²) in [6, 6.07) is 0. The highest BCUT2D eigenvalue weighted by Crippen LogP contribution is 2.46. The number of aldehydes is 1. The van der Waals surface area contributed by atoms with Crippen molar-refractivity contribution in [2.24, 2.45) is 17.8 Å². The van der Waals surface area contributed by atoms with E-state index in [0.29, 0.717) is 24.2 Å². The molecule has 1 saturated carbocycles. The van der Waals surface area contributed by atoms with E-state index in [1.54, 1.807) is 0 Å². The maximum absolute atomic E-state index is 10.7. The Kier molecular flexibility index (Phi) is 4.44. The summed E-state index contributed by atoms with van der Waals surface area (Å²) in [6.07, 6.45) is 5.79. The quantitative estimate of drug-likeness (QED) is 0.726. The van der Waals surface area contributed by atoms with Crippen LogP contribution in [-0.2, 0) is 14.3 Å². The van der Waals surface area contributed by atoms with Crippen LogP contribution < -0.4 is 0 Å². The predicted molar refractivity (Wildman–Crippen MR) is 70.2 cm³/mol. The summed E-state index contributed by atoms with van der Waals surface area (Å²) in [4.78, 5) is 10.7. The van der Waals surface area contributed by atoms with E-state index >= 15 is 0 Å². The molecule has 1 saturated heterocycles. The summed E-state index contributed by atoms with van der Waals surface area (Å²) in [6.45, 7) is 7.50. The third-order valence-electron chi connectivity index (χ3n) is 4.48. The fourth-order valence-corrected chi connectivity index (χ4v) is 3.58. The summed E-state index contributed by atoms with van der Waals surface area (Å²) in [5, 5.41) is 0. The Labute approximate surface area is 110 Å². The highest BCUT2D eigenvalue weighted by atomic mass is 16.7. The molecule has 1 heterocycles. The lowest BCUT2D eigenvalue weighted by atomic mass is 9.72. The van der Waals surface area contributed by atoms with Crippen molar-refractivity contribution in [1.82, 2.24) is 0 Å². The van der Waals surface area contributed by atoms with Crippen LogP contribution in [-0.4, -0.2) is 24.8 Å². The van der Waals surface area contributed by atoms with Crippen molar-refractivity contribution in [3.8, 4) is 0 Å². The molecule has 0 aromatic heterocycles. The van der Waals surface area contributed by atoms with Crippen molar-refractivity contribution < 1.29 is 14.3 Å². The molecule has 1 aliphatic heterocycles. The second-order valence-electron chi connectivity index (χ2n) is 6.33. The molecule has 0 bridgehead atoms. The first-order valence-electron chi connectivity index (χ1n) is 7.33. The van der Waals surface area contributed by atoms with Gasteiger partial charge >= 0.3 is 0 Å². The molecule has 3 nitrogen and oxygen atoms in total. The van der Waals surface area contributed by atoms with Crippen molar-refractivity contribution in [1.29, 1.82) is 0 Å². The predicted octanol–water partition coefficient (Wildman–Crippen LogP) is 3.17. The third kappa shape index (κ3) is 2.77. The van der Waals surface area contributed by atoms with Gasteiger partial charge < -0.3 is 14.3 Å². The maximum atomic E-state index is 10.7. The molecule has 1 aliphatic carbocycles. The average Bonchev–Trinajstić information content (AvgIpc) is 2.28. The summed E-state index contributed by atoms with van der Waals surface area (Å²) < 4.78 is 12.3. The van der Waals surface area contributed by atoms with Gasteiger partial charge in [0.15, 0.2) is 5.79 Å². The molecule has 0 amide bonds. The van der Waals surface area contributed by atoms with E-state index in [-0.39, 0.29) is 6.10 Å². The maximum Gasteiger partial charge on any atom is 0.171 e. The minimum Gasteiger partial charge on any atom is -0.349 e. The molecular formula is C15H26O3. The average molecular weight is 254 g/mol. The monoisotopic (exact) mass is 254 g/mol. The summed E-state index contributed by atoms with van der Waals surface area (Å²) in [5.41, 5.74) is 0. The Hall–Kier alpha value is -0.410. The Balaban J connectivity index is 2.15. The molecule has 4 atom stereocenters. The number of carbonyl (C=O) groups excluding carboxylic acids is 1. The zero-order chi connectivity index (χ0) is 13.2. The van der Waals surface area contributed by atoms with E-state index in [9.17, 15) is 4.79 Å². The lowest BCUT2D eigenvalue weighted by Gasteiger charge is -2.51. The van der Waals surface area contributed by atoms with Crippen LogP contribution in [0.3, 0.4) is 0 Å². The summed E-state index contributed by atoms with van der Waals surface area (Å²) >= 11 is 0. The van der Waals surface area contributed by atoms with E-state index in [4.69, 9.17) is 9.47 Å². The normalized spacial score (nSPS) is 41.2. The van der Waals surface area contributed by atoms with Gasteiger partial charge in [-0.2, -0.15) is 0 Å². The molecule has 0 aromatic rings. The van der Waals surface area contributed by atoms with Crippen molar-refractivity contribution >= 4 is 6.29 Å².